The van der Waals surface area contributed by atoms with Gasteiger partial charge in [-0.3, -0.25) is 0 Å². The summed E-state index contributed by atoms with van der Waals surface area (Å²) in [6.07, 6.45) is 3.10. The third-order valence-electron chi connectivity index (χ3n) is 3.16. The highest BCUT2D eigenvalue weighted by molar-refractivity contribution is 5.87. The molecule has 4 nitrogen and oxygen atoms in total. The molecule has 0 saturated carbocycles. The first-order chi connectivity index (χ1) is 10.5. The zero-order valence-corrected chi connectivity index (χ0v) is 11.2. The molecule has 0 spiro atoms. The lowest BCUT2D eigenvalue weighted by atomic mass is 10.1. The molecule has 1 aromatic heterocycles. The average Bonchev–Trinajstić information content (AvgIpc) is 2.96. The van der Waals surface area contributed by atoms with Crippen LogP contribution in [0.2, 0.25) is 0 Å². The molecule has 3 rings (SSSR count). The van der Waals surface area contributed by atoms with Crippen LogP contribution in [0.1, 0.15) is 10.4 Å². The molecule has 6 heteroatoms. The number of carbonyl (C=O) groups is 1. The number of hydrogen-bond acceptors (Lipinski definition) is 2. The van der Waals surface area contributed by atoms with Crippen molar-refractivity contribution in [3.63, 3.8) is 0 Å². The quantitative estimate of drug-likeness (QED) is 0.805. The van der Waals surface area contributed by atoms with Crippen molar-refractivity contribution < 1.29 is 18.7 Å². The van der Waals surface area contributed by atoms with E-state index in [0.29, 0.717) is 16.8 Å². The van der Waals surface area contributed by atoms with E-state index in [0.717, 1.165) is 6.07 Å². The Labute approximate surface area is 124 Å². The second kappa shape index (κ2) is 5.40. The number of nitrogens with zero attached hydrogens (tertiary/aromatic N) is 2. The predicted molar refractivity (Wildman–Crippen MR) is 75.9 cm³/mol. The van der Waals surface area contributed by atoms with Crippen LogP contribution < -0.4 is 0 Å². The molecule has 0 aliphatic rings. The SMILES string of the molecule is O=C(O)c1ccc(-n2cc(-c3cc(F)cc(F)c3)cn2)cc1. The molecule has 110 valence electrons. The van der Waals surface area contributed by atoms with Crippen molar-refractivity contribution in [2.45, 2.75) is 0 Å². The topological polar surface area (TPSA) is 55.1 Å². The third kappa shape index (κ3) is 2.71. The lowest BCUT2D eigenvalue weighted by Crippen LogP contribution is -1.98. The van der Waals surface area contributed by atoms with Gasteiger partial charge in [0.2, 0.25) is 0 Å². The van der Waals surface area contributed by atoms with E-state index >= 15 is 0 Å². The number of halogens is 2. The lowest BCUT2D eigenvalue weighted by molar-refractivity contribution is 0.0697. The lowest BCUT2D eigenvalue weighted by Gasteiger charge is -2.02. The maximum Gasteiger partial charge on any atom is 0.335 e. The molecule has 0 radical (unpaired) electrons. The van der Waals surface area contributed by atoms with Crippen LogP contribution in [0.25, 0.3) is 16.8 Å². The van der Waals surface area contributed by atoms with Crippen molar-refractivity contribution in [2.24, 2.45) is 0 Å². The van der Waals surface area contributed by atoms with Gasteiger partial charge in [0.25, 0.3) is 0 Å². The monoisotopic (exact) mass is 300 g/mol. The van der Waals surface area contributed by atoms with Gasteiger partial charge >= 0.3 is 5.97 Å². The van der Waals surface area contributed by atoms with Crippen molar-refractivity contribution in [3.05, 3.63) is 72.1 Å². The van der Waals surface area contributed by atoms with E-state index in [1.807, 2.05) is 0 Å². The molecule has 0 fully saturated rings. The fourth-order valence-corrected chi connectivity index (χ4v) is 2.09. The van der Waals surface area contributed by atoms with E-state index < -0.39 is 17.6 Å². The molecule has 0 atom stereocenters. The minimum atomic E-state index is -1.01. The van der Waals surface area contributed by atoms with E-state index in [1.54, 1.807) is 18.3 Å². The summed E-state index contributed by atoms with van der Waals surface area (Å²) in [5.41, 5.74) is 1.75. The standard InChI is InChI=1S/C16H10F2N2O2/c17-13-5-11(6-14(18)7-13)12-8-19-20(9-12)15-3-1-10(2-4-15)16(21)22/h1-9H,(H,21,22). The van der Waals surface area contributed by atoms with Gasteiger partial charge in [0, 0.05) is 17.8 Å². The zero-order chi connectivity index (χ0) is 15.7. The van der Waals surface area contributed by atoms with Crippen molar-refractivity contribution in [1.29, 1.82) is 0 Å². The highest BCUT2D eigenvalue weighted by atomic mass is 19.1. The summed E-state index contributed by atoms with van der Waals surface area (Å²) in [6, 6.07) is 9.37. The summed E-state index contributed by atoms with van der Waals surface area (Å²) >= 11 is 0. The van der Waals surface area contributed by atoms with E-state index in [2.05, 4.69) is 5.10 Å². The Morgan fingerprint density at radius 3 is 2.23 bits per heavy atom. The molecular formula is C16H10F2N2O2. The molecule has 0 amide bonds. The van der Waals surface area contributed by atoms with E-state index in [1.165, 1.54) is 35.1 Å². The number of carboxylic acid groups (broad SMARTS) is 1. The van der Waals surface area contributed by atoms with Gasteiger partial charge in [-0.25, -0.2) is 18.3 Å². The number of hydrogen-bond donors (Lipinski definition) is 1. The molecule has 1 heterocycles. The maximum atomic E-state index is 13.2. The van der Waals surface area contributed by atoms with Gasteiger partial charge in [-0.05, 0) is 42.0 Å². The van der Waals surface area contributed by atoms with Crippen LogP contribution in [0, 0.1) is 11.6 Å². The summed E-state index contributed by atoms with van der Waals surface area (Å²) in [5, 5.41) is 13.0. The van der Waals surface area contributed by atoms with E-state index in [-0.39, 0.29) is 5.56 Å². The smallest absolute Gasteiger partial charge is 0.335 e. The van der Waals surface area contributed by atoms with Crippen LogP contribution in [0.15, 0.2) is 54.9 Å². The Kier molecular flexibility index (Phi) is 3.42. The number of benzene rings is 2. The van der Waals surface area contributed by atoms with Crippen LogP contribution in [0.4, 0.5) is 8.78 Å². The van der Waals surface area contributed by atoms with E-state index in [4.69, 9.17) is 5.11 Å². The Morgan fingerprint density at radius 1 is 1.00 bits per heavy atom. The van der Waals surface area contributed by atoms with Gasteiger partial charge in [-0.15, -0.1) is 0 Å². The first-order valence-corrected chi connectivity index (χ1v) is 6.38. The minimum Gasteiger partial charge on any atom is -0.478 e. The predicted octanol–water partition coefficient (Wildman–Crippen LogP) is 3.52. The number of rotatable bonds is 3. The van der Waals surface area contributed by atoms with Crippen LogP contribution in [0.3, 0.4) is 0 Å². The van der Waals surface area contributed by atoms with Gasteiger partial charge in [0.15, 0.2) is 0 Å². The third-order valence-corrected chi connectivity index (χ3v) is 3.16. The van der Waals surface area contributed by atoms with Gasteiger partial charge < -0.3 is 5.11 Å². The number of aromatic carboxylic acids is 1. The zero-order valence-electron chi connectivity index (χ0n) is 11.2. The maximum absolute atomic E-state index is 13.2. The van der Waals surface area contributed by atoms with Crippen molar-refractivity contribution >= 4 is 5.97 Å². The summed E-state index contributed by atoms with van der Waals surface area (Å²) in [7, 11) is 0. The van der Waals surface area contributed by atoms with Crippen molar-refractivity contribution in [2.75, 3.05) is 0 Å². The summed E-state index contributed by atoms with van der Waals surface area (Å²) in [4.78, 5) is 10.8. The fourth-order valence-electron chi connectivity index (χ4n) is 2.09. The molecular weight excluding hydrogens is 290 g/mol. The van der Waals surface area contributed by atoms with Crippen LogP contribution >= 0.6 is 0 Å². The molecule has 0 saturated heterocycles. The molecule has 0 unspecified atom stereocenters. The molecule has 1 N–H and O–H groups in total. The number of aromatic nitrogens is 2. The Morgan fingerprint density at radius 2 is 1.64 bits per heavy atom. The second-order valence-electron chi connectivity index (χ2n) is 4.68. The minimum absolute atomic E-state index is 0.170. The molecule has 2 aromatic carbocycles. The highest BCUT2D eigenvalue weighted by Gasteiger charge is 2.08. The molecule has 3 aromatic rings. The Bertz CT molecular complexity index is 821. The Hall–Kier alpha value is -3.02. The fraction of sp³-hybridized carbons (Fsp3) is 0. The van der Waals surface area contributed by atoms with Crippen LogP contribution in [-0.4, -0.2) is 20.9 Å². The molecule has 0 aliphatic heterocycles. The summed E-state index contributed by atoms with van der Waals surface area (Å²) in [5.74, 6) is -2.33. The van der Waals surface area contributed by atoms with Gasteiger partial charge in [-0.2, -0.15) is 5.10 Å². The number of carboxylic acids is 1. The van der Waals surface area contributed by atoms with Gasteiger partial charge in [0.1, 0.15) is 11.6 Å². The van der Waals surface area contributed by atoms with Crippen molar-refractivity contribution in [1.82, 2.24) is 9.78 Å². The first kappa shape index (κ1) is 13.9. The average molecular weight is 300 g/mol. The van der Waals surface area contributed by atoms with Gasteiger partial charge in [0.05, 0.1) is 17.4 Å². The second-order valence-corrected chi connectivity index (χ2v) is 4.68. The highest BCUT2D eigenvalue weighted by Crippen LogP contribution is 2.22. The molecule has 22 heavy (non-hydrogen) atoms. The summed E-state index contributed by atoms with van der Waals surface area (Å²) < 4.78 is 28.0. The first-order valence-electron chi connectivity index (χ1n) is 6.38. The van der Waals surface area contributed by atoms with Crippen LogP contribution in [0.5, 0.6) is 0 Å². The molecule has 0 aliphatic carbocycles. The summed E-state index contributed by atoms with van der Waals surface area (Å²) in [6.45, 7) is 0. The van der Waals surface area contributed by atoms with E-state index in [9.17, 15) is 13.6 Å². The normalized spacial score (nSPS) is 10.6. The molecule has 0 bridgehead atoms. The van der Waals surface area contributed by atoms with Crippen molar-refractivity contribution in [3.8, 4) is 16.8 Å². The largest absolute Gasteiger partial charge is 0.478 e. The van der Waals surface area contributed by atoms with Gasteiger partial charge in [-0.1, -0.05) is 0 Å². The Balaban J connectivity index is 1.94. The van der Waals surface area contributed by atoms with Crippen LogP contribution in [-0.2, 0) is 0 Å².